The number of nitrogens with one attached hydrogen (secondary N) is 2. The average Bonchev–Trinajstić information content (AvgIpc) is 2.70. The molecule has 0 saturated carbocycles. The minimum absolute atomic E-state index is 0.105. The number of carbonyl (C=O) groups is 2. The minimum atomic E-state index is -0.850. The molecule has 0 fully saturated rings. The monoisotopic (exact) mass is 403 g/mol. The largest absolute Gasteiger partial charge is 0.350 e. The summed E-state index contributed by atoms with van der Waals surface area (Å²) in [4.78, 5) is 26.5. The summed E-state index contributed by atoms with van der Waals surface area (Å²) < 4.78 is 26.9. The maximum Gasteiger partial charge on any atom is 0.322 e. The van der Waals surface area contributed by atoms with Crippen molar-refractivity contribution in [3.05, 3.63) is 65.7 Å². The fraction of sp³-hybridized carbons (Fsp3) is 0.364. The number of rotatable bonds is 8. The van der Waals surface area contributed by atoms with Gasteiger partial charge in [-0.1, -0.05) is 37.3 Å². The van der Waals surface area contributed by atoms with E-state index in [1.54, 1.807) is 0 Å². The van der Waals surface area contributed by atoms with E-state index in [9.17, 15) is 18.4 Å². The summed E-state index contributed by atoms with van der Waals surface area (Å²) in [6.45, 7) is 5.84. The Hall–Kier alpha value is -2.96. The Bertz CT molecular complexity index is 830. The predicted octanol–water partition coefficient (Wildman–Crippen LogP) is 4.86. The Labute approximate surface area is 170 Å². The molecule has 2 aromatic carbocycles. The van der Waals surface area contributed by atoms with Crippen LogP contribution in [0, 0.1) is 11.6 Å². The van der Waals surface area contributed by atoms with Gasteiger partial charge in [0.15, 0.2) is 0 Å². The molecule has 5 nitrogen and oxygen atoms in total. The van der Waals surface area contributed by atoms with Crippen molar-refractivity contribution in [1.29, 1.82) is 0 Å². The minimum Gasteiger partial charge on any atom is -0.350 e. The molecule has 29 heavy (non-hydrogen) atoms. The Morgan fingerprint density at radius 3 is 2.38 bits per heavy atom. The van der Waals surface area contributed by atoms with Gasteiger partial charge in [-0.05, 0) is 38.0 Å². The van der Waals surface area contributed by atoms with Gasteiger partial charge in [-0.2, -0.15) is 0 Å². The molecule has 2 atom stereocenters. The molecule has 0 aliphatic carbocycles. The van der Waals surface area contributed by atoms with Gasteiger partial charge >= 0.3 is 6.03 Å². The van der Waals surface area contributed by atoms with Crippen LogP contribution in [0.3, 0.4) is 0 Å². The van der Waals surface area contributed by atoms with Crippen LogP contribution in [0.2, 0.25) is 0 Å². The number of halogens is 2. The number of benzene rings is 2. The smallest absolute Gasteiger partial charge is 0.322 e. The van der Waals surface area contributed by atoms with E-state index in [2.05, 4.69) is 10.6 Å². The number of nitrogens with zero attached hydrogens (tertiary/aromatic N) is 1. The van der Waals surface area contributed by atoms with Crippen LogP contribution >= 0.6 is 0 Å². The lowest BCUT2D eigenvalue weighted by atomic mass is 10.1. The molecule has 0 radical (unpaired) electrons. The van der Waals surface area contributed by atoms with E-state index in [1.807, 2.05) is 51.1 Å². The van der Waals surface area contributed by atoms with Crippen molar-refractivity contribution in [2.75, 3.05) is 11.9 Å². The number of carbonyl (C=O) groups excluding carboxylic acids is 2. The van der Waals surface area contributed by atoms with Crippen LogP contribution in [0.1, 0.15) is 45.2 Å². The van der Waals surface area contributed by atoms with Gasteiger partial charge in [0.1, 0.15) is 11.6 Å². The Balaban J connectivity index is 1.97. The first kappa shape index (κ1) is 22.3. The lowest BCUT2D eigenvalue weighted by molar-refractivity contribution is -0.122. The van der Waals surface area contributed by atoms with E-state index in [1.165, 1.54) is 11.0 Å². The average molecular weight is 403 g/mol. The van der Waals surface area contributed by atoms with Crippen LogP contribution in [-0.4, -0.2) is 29.4 Å². The zero-order valence-corrected chi connectivity index (χ0v) is 16.9. The molecular weight excluding hydrogens is 376 g/mol. The van der Waals surface area contributed by atoms with Crippen molar-refractivity contribution in [1.82, 2.24) is 10.2 Å². The summed E-state index contributed by atoms with van der Waals surface area (Å²) >= 11 is 0. The number of amides is 3. The fourth-order valence-electron chi connectivity index (χ4n) is 2.88. The Morgan fingerprint density at radius 1 is 1.07 bits per heavy atom. The third kappa shape index (κ3) is 6.55. The first-order chi connectivity index (χ1) is 13.8. The second-order valence-electron chi connectivity index (χ2n) is 6.95. The molecule has 0 aromatic heterocycles. The van der Waals surface area contributed by atoms with E-state index < -0.39 is 17.7 Å². The van der Waals surface area contributed by atoms with E-state index in [-0.39, 0.29) is 36.6 Å². The van der Waals surface area contributed by atoms with E-state index in [4.69, 9.17) is 0 Å². The molecule has 0 aliphatic heterocycles. The highest BCUT2D eigenvalue weighted by Crippen LogP contribution is 2.17. The summed E-state index contributed by atoms with van der Waals surface area (Å²) in [5, 5.41) is 5.37. The molecule has 0 bridgehead atoms. The summed E-state index contributed by atoms with van der Waals surface area (Å²) in [5.41, 5.74) is 0.885. The summed E-state index contributed by atoms with van der Waals surface area (Å²) in [7, 11) is 0. The first-order valence-corrected chi connectivity index (χ1v) is 9.68. The van der Waals surface area contributed by atoms with Crippen molar-refractivity contribution in [2.24, 2.45) is 0 Å². The van der Waals surface area contributed by atoms with E-state index in [0.29, 0.717) is 12.5 Å². The molecule has 2 rings (SSSR count). The predicted molar refractivity (Wildman–Crippen MR) is 109 cm³/mol. The standard InChI is InChI=1S/C22H27F2N3O2/c1-4-15(2)27(22(29)26-20-11-10-18(23)14-19(20)24)13-12-21(28)25-16(3)17-8-6-5-7-9-17/h5-11,14-16H,4,12-13H2,1-3H3,(H,25,28)(H,26,29). The molecule has 0 aliphatic rings. The summed E-state index contributed by atoms with van der Waals surface area (Å²) in [6, 6.07) is 11.7. The topological polar surface area (TPSA) is 61.4 Å². The molecule has 2 aromatic rings. The van der Waals surface area contributed by atoms with Gasteiger partial charge in [0, 0.05) is 25.1 Å². The zero-order chi connectivity index (χ0) is 21.4. The molecule has 2 unspecified atom stereocenters. The SMILES string of the molecule is CCC(C)N(CCC(=O)NC(C)c1ccccc1)C(=O)Nc1ccc(F)cc1F. The van der Waals surface area contributed by atoms with Crippen LogP contribution in [-0.2, 0) is 4.79 Å². The van der Waals surface area contributed by atoms with Crippen molar-refractivity contribution in [3.63, 3.8) is 0 Å². The highest BCUT2D eigenvalue weighted by Gasteiger charge is 2.21. The third-order valence-electron chi connectivity index (χ3n) is 4.81. The third-order valence-corrected chi connectivity index (χ3v) is 4.81. The highest BCUT2D eigenvalue weighted by atomic mass is 19.1. The zero-order valence-electron chi connectivity index (χ0n) is 16.9. The van der Waals surface area contributed by atoms with Crippen LogP contribution in [0.4, 0.5) is 19.3 Å². The van der Waals surface area contributed by atoms with Gasteiger partial charge < -0.3 is 15.5 Å². The first-order valence-electron chi connectivity index (χ1n) is 9.68. The van der Waals surface area contributed by atoms with E-state index in [0.717, 1.165) is 11.6 Å². The maximum absolute atomic E-state index is 13.8. The van der Waals surface area contributed by atoms with Gasteiger partial charge in [0.25, 0.3) is 0 Å². The lowest BCUT2D eigenvalue weighted by Gasteiger charge is -2.29. The van der Waals surface area contributed by atoms with Crippen molar-refractivity contribution in [3.8, 4) is 0 Å². The van der Waals surface area contributed by atoms with Gasteiger partial charge in [-0.25, -0.2) is 13.6 Å². The molecule has 0 spiro atoms. The van der Waals surface area contributed by atoms with Crippen molar-refractivity contribution < 1.29 is 18.4 Å². The number of hydrogen-bond donors (Lipinski definition) is 2. The molecule has 2 N–H and O–H groups in total. The molecule has 3 amide bonds. The van der Waals surface area contributed by atoms with E-state index >= 15 is 0 Å². The fourth-order valence-corrected chi connectivity index (χ4v) is 2.88. The van der Waals surface area contributed by atoms with Crippen LogP contribution < -0.4 is 10.6 Å². The van der Waals surface area contributed by atoms with Gasteiger partial charge in [0.2, 0.25) is 5.91 Å². The summed E-state index contributed by atoms with van der Waals surface area (Å²) in [5.74, 6) is -1.75. The lowest BCUT2D eigenvalue weighted by Crippen LogP contribution is -2.43. The van der Waals surface area contributed by atoms with Crippen LogP contribution in [0.25, 0.3) is 0 Å². The van der Waals surface area contributed by atoms with Crippen LogP contribution in [0.15, 0.2) is 48.5 Å². The quantitative estimate of drug-likeness (QED) is 0.661. The number of hydrogen-bond acceptors (Lipinski definition) is 2. The molecule has 0 saturated heterocycles. The van der Waals surface area contributed by atoms with Gasteiger partial charge in [-0.15, -0.1) is 0 Å². The second kappa shape index (κ2) is 10.5. The van der Waals surface area contributed by atoms with Gasteiger partial charge in [-0.3, -0.25) is 4.79 Å². The second-order valence-corrected chi connectivity index (χ2v) is 6.95. The number of anilines is 1. The highest BCUT2D eigenvalue weighted by molar-refractivity contribution is 5.90. The molecular formula is C22H27F2N3O2. The molecule has 0 heterocycles. The number of urea groups is 1. The Morgan fingerprint density at radius 2 is 1.76 bits per heavy atom. The van der Waals surface area contributed by atoms with Crippen molar-refractivity contribution in [2.45, 2.75) is 45.7 Å². The van der Waals surface area contributed by atoms with Crippen molar-refractivity contribution >= 4 is 17.6 Å². The maximum atomic E-state index is 13.8. The Kier molecular flexibility index (Phi) is 8.12. The van der Waals surface area contributed by atoms with Crippen LogP contribution in [0.5, 0.6) is 0 Å². The summed E-state index contributed by atoms with van der Waals surface area (Å²) in [6.07, 6.45) is 0.780. The van der Waals surface area contributed by atoms with Gasteiger partial charge in [0.05, 0.1) is 11.7 Å². The molecule has 156 valence electrons. The normalized spacial score (nSPS) is 12.7. The molecule has 7 heteroatoms.